The Morgan fingerprint density at radius 3 is 2.56 bits per heavy atom. The van der Waals surface area contributed by atoms with E-state index in [9.17, 15) is 18.0 Å². The van der Waals surface area contributed by atoms with Gasteiger partial charge in [-0.1, -0.05) is 0 Å². The largest absolute Gasteiger partial charge is 0.368 e. The van der Waals surface area contributed by atoms with Crippen molar-refractivity contribution < 1.29 is 18.0 Å². The number of rotatable bonds is 3. The van der Waals surface area contributed by atoms with Crippen molar-refractivity contribution in [1.29, 1.82) is 0 Å². The molecule has 0 bridgehead atoms. The molecule has 1 unspecified atom stereocenters. The van der Waals surface area contributed by atoms with Gasteiger partial charge in [0.05, 0.1) is 11.5 Å². The molecule has 2 saturated heterocycles. The zero-order valence-electron chi connectivity index (χ0n) is 14.1. The summed E-state index contributed by atoms with van der Waals surface area (Å²) >= 11 is 0. The van der Waals surface area contributed by atoms with E-state index < -0.39 is 9.84 Å². The highest BCUT2D eigenvalue weighted by Gasteiger charge is 2.29. The first-order valence-electron chi connectivity index (χ1n) is 8.32. The third-order valence-electron chi connectivity index (χ3n) is 4.63. The average molecular weight is 366 g/mol. The minimum atomic E-state index is -3.04. The second-order valence-corrected chi connectivity index (χ2v) is 8.69. The SMILES string of the molecule is CC(=O)N1CCN(c2ccnc(C(=O)NC3CCS(=O)(=O)C3)c2)CC1. The van der Waals surface area contributed by atoms with Crippen LogP contribution in [0.5, 0.6) is 0 Å². The van der Waals surface area contributed by atoms with Gasteiger partial charge in [0, 0.05) is 51.0 Å². The van der Waals surface area contributed by atoms with E-state index in [2.05, 4.69) is 15.2 Å². The van der Waals surface area contributed by atoms with Gasteiger partial charge in [-0.2, -0.15) is 0 Å². The second-order valence-electron chi connectivity index (χ2n) is 6.47. The molecule has 8 nitrogen and oxygen atoms in total. The van der Waals surface area contributed by atoms with Crippen LogP contribution in [-0.2, 0) is 14.6 Å². The molecule has 0 aromatic carbocycles. The van der Waals surface area contributed by atoms with Crippen LogP contribution >= 0.6 is 0 Å². The summed E-state index contributed by atoms with van der Waals surface area (Å²) in [5, 5.41) is 2.75. The molecule has 3 heterocycles. The normalized spacial score (nSPS) is 22.7. The van der Waals surface area contributed by atoms with Crippen molar-refractivity contribution in [3.63, 3.8) is 0 Å². The topological polar surface area (TPSA) is 99.7 Å². The first-order valence-corrected chi connectivity index (χ1v) is 10.1. The number of aromatic nitrogens is 1. The fourth-order valence-electron chi connectivity index (χ4n) is 3.19. The van der Waals surface area contributed by atoms with E-state index in [1.54, 1.807) is 24.1 Å². The molecule has 25 heavy (non-hydrogen) atoms. The summed E-state index contributed by atoms with van der Waals surface area (Å²) in [6.45, 7) is 4.27. The van der Waals surface area contributed by atoms with E-state index in [0.717, 1.165) is 5.69 Å². The van der Waals surface area contributed by atoms with Crippen LogP contribution in [0.4, 0.5) is 5.69 Å². The fraction of sp³-hybridized carbons (Fsp3) is 0.562. The molecular weight excluding hydrogens is 344 g/mol. The number of sulfone groups is 1. The van der Waals surface area contributed by atoms with Crippen molar-refractivity contribution in [2.45, 2.75) is 19.4 Å². The van der Waals surface area contributed by atoms with Crippen molar-refractivity contribution in [3.8, 4) is 0 Å². The van der Waals surface area contributed by atoms with E-state index >= 15 is 0 Å². The predicted molar refractivity (Wildman–Crippen MR) is 93.2 cm³/mol. The Kier molecular flexibility index (Phi) is 4.94. The highest BCUT2D eigenvalue weighted by atomic mass is 32.2. The number of nitrogens with zero attached hydrogens (tertiary/aromatic N) is 3. The quantitative estimate of drug-likeness (QED) is 0.786. The number of pyridine rings is 1. The van der Waals surface area contributed by atoms with E-state index in [-0.39, 0.29) is 35.1 Å². The summed E-state index contributed by atoms with van der Waals surface area (Å²) in [5.74, 6) is -0.177. The van der Waals surface area contributed by atoms with Gasteiger partial charge in [-0.05, 0) is 18.6 Å². The maximum Gasteiger partial charge on any atom is 0.270 e. The first-order chi connectivity index (χ1) is 11.8. The first kappa shape index (κ1) is 17.7. The van der Waals surface area contributed by atoms with Gasteiger partial charge in [-0.15, -0.1) is 0 Å². The lowest BCUT2D eigenvalue weighted by Gasteiger charge is -2.35. The Labute approximate surface area is 147 Å². The highest BCUT2D eigenvalue weighted by molar-refractivity contribution is 7.91. The van der Waals surface area contributed by atoms with Crippen LogP contribution < -0.4 is 10.2 Å². The third kappa shape index (κ3) is 4.28. The van der Waals surface area contributed by atoms with Crippen molar-refractivity contribution >= 4 is 27.3 Å². The Balaban J connectivity index is 1.63. The third-order valence-corrected chi connectivity index (χ3v) is 6.40. The number of carbonyl (C=O) groups is 2. The van der Waals surface area contributed by atoms with E-state index in [1.165, 1.54) is 0 Å². The molecule has 2 aliphatic heterocycles. The molecular formula is C16H22N4O4S. The molecule has 2 fully saturated rings. The molecule has 1 aromatic heterocycles. The Morgan fingerprint density at radius 2 is 1.96 bits per heavy atom. The lowest BCUT2D eigenvalue weighted by Crippen LogP contribution is -2.48. The number of nitrogens with one attached hydrogen (secondary N) is 1. The highest BCUT2D eigenvalue weighted by Crippen LogP contribution is 2.18. The van der Waals surface area contributed by atoms with Crippen LogP contribution in [0.15, 0.2) is 18.3 Å². The van der Waals surface area contributed by atoms with Gasteiger partial charge in [-0.3, -0.25) is 14.6 Å². The van der Waals surface area contributed by atoms with Gasteiger partial charge < -0.3 is 15.1 Å². The number of anilines is 1. The molecule has 3 rings (SSSR count). The van der Waals surface area contributed by atoms with Crippen LogP contribution in [0, 0.1) is 0 Å². The minimum absolute atomic E-state index is 0.00850. The maximum atomic E-state index is 12.3. The maximum absolute atomic E-state index is 12.3. The molecule has 0 aliphatic carbocycles. The van der Waals surface area contributed by atoms with E-state index in [1.807, 2.05) is 6.07 Å². The Bertz CT molecular complexity index is 772. The number of carbonyl (C=O) groups excluding carboxylic acids is 2. The summed E-state index contributed by atoms with van der Waals surface area (Å²) in [6, 6.07) is 3.20. The average Bonchev–Trinajstić information content (AvgIpc) is 2.93. The zero-order valence-corrected chi connectivity index (χ0v) is 15.0. The molecule has 1 N–H and O–H groups in total. The van der Waals surface area contributed by atoms with Crippen molar-refractivity contribution in [2.24, 2.45) is 0 Å². The van der Waals surface area contributed by atoms with Gasteiger partial charge in [-0.25, -0.2) is 8.42 Å². The summed E-state index contributed by atoms with van der Waals surface area (Å²) in [7, 11) is -3.04. The van der Waals surface area contributed by atoms with Gasteiger partial charge in [0.25, 0.3) is 5.91 Å². The molecule has 0 spiro atoms. The summed E-state index contributed by atoms with van der Waals surface area (Å²) in [6.07, 6.45) is 2.02. The van der Waals surface area contributed by atoms with Crippen molar-refractivity contribution in [2.75, 3.05) is 42.6 Å². The van der Waals surface area contributed by atoms with E-state index in [0.29, 0.717) is 32.6 Å². The molecule has 2 aliphatic rings. The van der Waals surface area contributed by atoms with Crippen molar-refractivity contribution in [3.05, 3.63) is 24.0 Å². The second kappa shape index (κ2) is 6.99. The molecule has 2 amide bonds. The van der Waals surface area contributed by atoms with Gasteiger partial charge in [0.15, 0.2) is 9.84 Å². The number of piperazine rings is 1. The van der Waals surface area contributed by atoms with Gasteiger partial charge >= 0.3 is 0 Å². The Hall–Kier alpha value is -2.16. The van der Waals surface area contributed by atoms with Gasteiger partial charge in [0.1, 0.15) is 5.69 Å². The van der Waals surface area contributed by atoms with Crippen LogP contribution in [0.25, 0.3) is 0 Å². The Morgan fingerprint density at radius 1 is 1.24 bits per heavy atom. The van der Waals surface area contributed by atoms with E-state index in [4.69, 9.17) is 0 Å². The molecule has 0 saturated carbocycles. The zero-order chi connectivity index (χ0) is 18.0. The van der Waals surface area contributed by atoms with Crippen molar-refractivity contribution in [1.82, 2.24) is 15.2 Å². The minimum Gasteiger partial charge on any atom is -0.368 e. The smallest absolute Gasteiger partial charge is 0.270 e. The van der Waals surface area contributed by atoms with Crippen LogP contribution in [0.2, 0.25) is 0 Å². The van der Waals surface area contributed by atoms with Crippen LogP contribution in [0.1, 0.15) is 23.8 Å². The summed E-state index contributed by atoms with van der Waals surface area (Å²) in [4.78, 5) is 31.8. The lowest BCUT2D eigenvalue weighted by atomic mass is 10.2. The number of amides is 2. The number of hydrogen-bond donors (Lipinski definition) is 1. The molecule has 1 aromatic rings. The lowest BCUT2D eigenvalue weighted by molar-refractivity contribution is -0.129. The number of hydrogen-bond acceptors (Lipinski definition) is 6. The predicted octanol–water partition coefficient (Wildman–Crippen LogP) is -0.333. The monoisotopic (exact) mass is 366 g/mol. The van der Waals surface area contributed by atoms with Crippen LogP contribution in [-0.4, -0.2) is 73.8 Å². The summed E-state index contributed by atoms with van der Waals surface area (Å²) < 4.78 is 23.0. The molecule has 136 valence electrons. The standard InChI is InChI=1S/C16H22N4O4S/c1-12(21)19-5-7-20(8-6-19)14-2-4-17-15(10-14)16(22)18-13-3-9-25(23,24)11-13/h2,4,10,13H,3,5-9,11H2,1H3,(H,18,22). The molecule has 1 atom stereocenters. The fourth-order valence-corrected chi connectivity index (χ4v) is 4.86. The molecule has 0 radical (unpaired) electrons. The summed E-state index contributed by atoms with van der Waals surface area (Å²) in [5.41, 5.74) is 1.15. The van der Waals surface area contributed by atoms with Crippen LogP contribution in [0.3, 0.4) is 0 Å². The molecule has 9 heteroatoms. The van der Waals surface area contributed by atoms with Gasteiger partial charge in [0.2, 0.25) is 5.91 Å².